The lowest BCUT2D eigenvalue weighted by atomic mass is 10.1. The van der Waals surface area contributed by atoms with Crippen LogP contribution in [0.15, 0.2) is 6.07 Å². The largest absolute Gasteiger partial charge is 0.477 e. The molecule has 0 unspecified atom stereocenters. The second-order valence-corrected chi connectivity index (χ2v) is 4.24. The number of fused-ring (bicyclic) bond motifs is 1. The van der Waals surface area contributed by atoms with Gasteiger partial charge >= 0.3 is 5.97 Å². The van der Waals surface area contributed by atoms with E-state index in [0.717, 1.165) is 18.7 Å². The lowest BCUT2D eigenvalue weighted by Crippen LogP contribution is -2.02. The third-order valence-electron chi connectivity index (χ3n) is 3.09. The Labute approximate surface area is 97.3 Å². The van der Waals surface area contributed by atoms with Crippen molar-refractivity contribution in [2.24, 2.45) is 0 Å². The Kier molecular flexibility index (Phi) is 2.28. The molecule has 6 nitrogen and oxygen atoms in total. The van der Waals surface area contributed by atoms with Crippen molar-refractivity contribution in [3.63, 3.8) is 0 Å². The van der Waals surface area contributed by atoms with E-state index in [1.165, 1.54) is 23.4 Å². The summed E-state index contributed by atoms with van der Waals surface area (Å²) >= 11 is 0. The number of carbonyl (C=O) groups is 1. The maximum atomic E-state index is 10.8. The van der Waals surface area contributed by atoms with Crippen molar-refractivity contribution >= 4 is 11.7 Å². The number of hydrogen-bond donors (Lipinski definition) is 1. The van der Waals surface area contributed by atoms with Gasteiger partial charge in [0.15, 0.2) is 11.5 Å². The van der Waals surface area contributed by atoms with Crippen molar-refractivity contribution in [1.82, 2.24) is 19.6 Å². The van der Waals surface area contributed by atoms with Crippen LogP contribution in [0, 0.1) is 6.20 Å². The molecule has 1 fully saturated rings. The van der Waals surface area contributed by atoms with Crippen LogP contribution in [0.2, 0.25) is 0 Å². The molecule has 1 aliphatic rings. The monoisotopic (exact) mass is 231 g/mol. The normalized spacial score (nSPS) is 16.7. The van der Waals surface area contributed by atoms with Crippen LogP contribution in [0.25, 0.3) is 5.78 Å². The molecule has 0 aromatic carbocycles. The van der Waals surface area contributed by atoms with E-state index in [4.69, 9.17) is 5.11 Å². The first-order valence-corrected chi connectivity index (χ1v) is 5.63. The predicted molar refractivity (Wildman–Crippen MR) is 57.8 cm³/mol. The molecule has 0 aliphatic heterocycles. The molecule has 0 bridgehead atoms. The Balaban J connectivity index is 2.03. The molecule has 0 amide bonds. The second-order valence-electron chi connectivity index (χ2n) is 4.24. The van der Waals surface area contributed by atoms with E-state index in [-0.39, 0.29) is 5.69 Å². The fraction of sp³-hybridized carbons (Fsp3) is 0.455. The minimum Gasteiger partial charge on any atom is -0.477 e. The minimum atomic E-state index is -1.07. The van der Waals surface area contributed by atoms with Crippen molar-refractivity contribution in [1.29, 1.82) is 0 Å². The first kappa shape index (κ1) is 10.2. The molecule has 17 heavy (non-hydrogen) atoms. The molecule has 1 N–H and O–H groups in total. The van der Waals surface area contributed by atoms with Crippen molar-refractivity contribution in [2.75, 3.05) is 0 Å². The molecule has 2 heterocycles. The van der Waals surface area contributed by atoms with Gasteiger partial charge in [-0.1, -0.05) is 12.8 Å². The highest BCUT2D eigenvalue weighted by Gasteiger charge is 2.22. The van der Waals surface area contributed by atoms with E-state index in [1.54, 1.807) is 0 Å². The van der Waals surface area contributed by atoms with Crippen molar-refractivity contribution in [2.45, 2.75) is 31.6 Å². The molecule has 2 aromatic heterocycles. The van der Waals surface area contributed by atoms with Crippen molar-refractivity contribution in [3.05, 3.63) is 23.8 Å². The quantitative estimate of drug-likeness (QED) is 0.842. The van der Waals surface area contributed by atoms with Gasteiger partial charge in [0.1, 0.15) is 0 Å². The van der Waals surface area contributed by atoms with Gasteiger partial charge in [-0.2, -0.15) is 9.50 Å². The van der Waals surface area contributed by atoms with E-state index in [1.807, 2.05) is 0 Å². The highest BCUT2D eigenvalue weighted by molar-refractivity contribution is 5.85. The Bertz CT molecular complexity index is 572. The summed E-state index contributed by atoms with van der Waals surface area (Å²) in [6.45, 7) is 0. The molecule has 0 spiro atoms. The summed E-state index contributed by atoms with van der Waals surface area (Å²) in [5.74, 6) is 0.383. The maximum absolute atomic E-state index is 10.8. The average molecular weight is 231 g/mol. The molecule has 6 heteroatoms. The van der Waals surface area contributed by atoms with Crippen LogP contribution in [0.3, 0.4) is 0 Å². The maximum Gasteiger partial charge on any atom is 0.354 e. The van der Waals surface area contributed by atoms with E-state index in [9.17, 15) is 4.79 Å². The Hall–Kier alpha value is -1.98. The molecular weight excluding hydrogens is 220 g/mol. The fourth-order valence-electron chi connectivity index (χ4n) is 2.21. The van der Waals surface area contributed by atoms with Crippen molar-refractivity contribution < 1.29 is 9.90 Å². The van der Waals surface area contributed by atoms with Gasteiger partial charge in [-0.05, 0) is 18.9 Å². The fourth-order valence-corrected chi connectivity index (χ4v) is 2.21. The van der Waals surface area contributed by atoms with Gasteiger partial charge < -0.3 is 5.11 Å². The Morgan fingerprint density at radius 2 is 2.18 bits per heavy atom. The SMILES string of the molecule is O=C(O)c1c[c]n2nc(C3CCCC3)nc2n1. The van der Waals surface area contributed by atoms with Crippen LogP contribution in [-0.2, 0) is 0 Å². The minimum absolute atomic E-state index is 0.0529. The summed E-state index contributed by atoms with van der Waals surface area (Å²) in [5, 5.41) is 13.1. The standard InChI is InChI=1S/C11H11N4O2/c16-10(17)8-5-6-15-11(12-8)13-9(14-15)7-3-1-2-4-7/h5,7H,1-4H2,(H,16,17). The van der Waals surface area contributed by atoms with Gasteiger partial charge in [0.2, 0.25) is 0 Å². The Morgan fingerprint density at radius 3 is 2.88 bits per heavy atom. The summed E-state index contributed by atoms with van der Waals surface area (Å²) in [6.07, 6.45) is 7.36. The zero-order chi connectivity index (χ0) is 11.8. The van der Waals surface area contributed by atoms with Gasteiger partial charge in [-0.15, -0.1) is 5.10 Å². The van der Waals surface area contributed by atoms with Crippen LogP contribution in [0.1, 0.15) is 47.9 Å². The molecule has 0 saturated heterocycles. The topological polar surface area (TPSA) is 80.4 Å². The third kappa shape index (κ3) is 1.75. The lowest BCUT2D eigenvalue weighted by Gasteiger charge is -1.99. The first-order chi connectivity index (χ1) is 8.24. The van der Waals surface area contributed by atoms with E-state index >= 15 is 0 Å². The lowest BCUT2D eigenvalue weighted by molar-refractivity contribution is 0.0690. The Morgan fingerprint density at radius 1 is 1.41 bits per heavy atom. The van der Waals surface area contributed by atoms with Gasteiger partial charge in [-0.25, -0.2) is 9.78 Å². The molecule has 1 radical (unpaired) electrons. The first-order valence-electron chi connectivity index (χ1n) is 5.63. The number of aromatic carboxylic acids is 1. The van der Waals surface area contributed by atoms with Crippen LogP contribution >= 0.6 is 0 Å². The zero-order valence-corrected chi connectivity index (χ0v) is 9.13. The van der Waals surface area contributed by atoms with Crippen LogP contribution in [0.4, 0.5) is 0 Å². The number of aromatic nitrogens is 4. The second kappa shape index (κ2) is 3.80. The summed E-state index contributed by atoms with van der Waals surface area (Å²) < 4.78 is 1.42. The molecule has 0 atom stereocenters. The zero-order valence-electron chi connectivity index (χ0n) is 9.13. The molecule has 87 valence electrons. The highest BCUT2D eigenvalue weighted by atomic mass is 16.4. The molecule has 3 rings (SSSR count). The number of rotatable bonds is 2. The van der Waals surface area contributed by atoms with Gasteiger partial charge in [0.05, 0.1) is 6.20 Å². The van der Waals surface area contributed by atoms with E-state index in [0.29, 0.717) is 11.7 Å². The van der Waals surface area contributed by atoms with Gasteiger partial charge in [-0.3, -0.25) is 0 Å². The summed E-state index contributed by atoms with van der Waals surface area (Å²) in [6, 6.07) is 1.31. The molecular formula is C11H11N4O2. The predicted octanol–water partition coefficient (Wildman–Crippen LogP) is 1.28. The summed E-state index contributed by atoms with van der Waals surface area (Å²) in [5.41, 5.74) is -0.0529. The van der Waals surface area contributed by atoms with Crippen molar-refractivity contribution in [3.8, 4) is 0 Å². The summed E-state index contributed by atoms with van der Waals surface area (Å²) in [4.78, 5) is 19.0. The number of carboxylic acids is 1. The molecule has 1 aliphatic carbocycles. The van der Waals surface area contributed by atoms with Crippen LogP contribution in [-0.4, -0.2) is 30.7 Å². The number of hydrogen-bond acceptors (Lipinski definition) is 4. The number of carboxylic acid groups (broad SMARTS) is 1. The average Bonchev–Trinajstić information content (AvgIpc) is 2.96. The third-order valence-corrected chi connectivity index (χ3v) is 3.09. The van der Waals surface area contributed by atoms with E-state index < -0.39 is 5.97 Å². The van der Waals surface area contributed by atoms with Crippen LogP contribution in [0.5, 0.6) is 0 Å². The smallest absolute Gasteiger partial charge is 0.354 e. The highest BCUT2D eigenvalue weighted by Crippen LogP contribution is 2.32. The number of nitrogens with zero attached hydrogens (tertiary/aromatic N) is 4. The summed E-state index contributed by atoms with van der Waals surface area (Å²) in [7, 11) is 0. The molecule has 2 aromatic rings. The van der Waals surface area contributed by atoms with Gasteiger partial charge in [0.25, 0.3) is 5.78 Å². The van der Waals surface area contributed by atoms with Crippen LogP contribution < -0.4 is 0 Å². The molecule has 1 saturated carbocycles. The van der Waals surface area contributed by atoms with Gasteiger partial charge in [0, 0.05) is 5.92 Å². The van der Waals surface area contributed by atoms with E-state index in [2.05, 4.69) is 21.3 Å².